The van der Waals surface area contributed by atoms with E-state index >= 15 is 0 Å². The Morgan fingerprint density at radius 1 is 1.13 bits per heavy atom. The fourth-order valence-corrected chi connectivity index (χ4v) is 4.10. The molecule has 30 heavy (non-hydrogen) atoms. The molecule has 0 unspecified atom stereocenters. The second-order valence-corrected chi connectivity index (χ2v) is 7.43. The molecule has 5 heterocycles. The van der Waals surface area contributed by atoms with Gasteiger partial charge in [0.25, 0.3) is 0 Å². The molecular weight excluding hydrogens is 380 g/mol. The summed E-state index contributed by atoms with van der Waals surface area (Å²) in [5, 5.41) is 6.24. The van der Waals surface area contributed by atoms with Crippen molar-refractivity contribution in [1.29, 1.82) is 0 Å². The molecule has 0 radical (unpaired) electrons. The maximum absolute atomic E-state index is 13.0. The number of ether oxygens (including phenoxy) is 1. The van der Waals surface area contributed by atoms with E-state index in [2.05, 4.69) is 27.2 Å². The number of carbonyl (C=O) groups excluding carboxylic acids is 1. The highest BCUT2D eigenvalue weighted by molar-refractivity contribution is 6.11. The molecule has 0 atom stereocenters. The number of hydrogen-bond donors (Lipinski definition) is 2. The van der Waals surface area contributed by atoms with Crippen LogP contribution in [0.5, 0.6) is 5.88 Å². The van der Waals surface area contributed by atoms with E-state index in [9.17, 15) is 4.79 Å². The molecule has 8 nitrogen and oxygen atoms in total. The monoisotopic (exact) mass is 402 g/mol. The summed E-state index contributed by atoms with van der Waals surface area (Å²) in [6.45, 7) is 5.79. The predicted molar refractivity (Wildman–Crippen MR) is 115 cm³/mol. The standard InChI is InChI=1S/C22H22N6O2/c1-13-16-12-24-18-5-4-17(14-3-6-19(30-2)25-11-14)27-20(18)21(16)28(22(29)26-13)15-7-9-23-10-8-15/h3-6,11-12,15,23H,1,7-10H2,2H3,(H,26,29). The van der Waals surface area contributed by atoms with Crippen molar-refractivity contribution in [2.24, 2.45) is 0 Å². The molecule has 0 saturated carbocycles. The lowest BCUT2D eigenvalue weighted by Crippen LogP contribution is -2.52. The molecule has 1 fully saturated rings. The smallest absolute Gasteiger partial charge is 0.326 e. The van der Waals surface area contributed by atoms with Gasteiger partial charge >= 0.3 is 6.03 Å². The topological polar surface area (TPSA) is 92.3 Å². The van der Waals surface area contributed by atoms with Gasteiger partial charge in [-0.1, -0.05) is 6.58 Å². The maximum atomic E-state index is 13.0. The van der Waals surface area contributed by atoms with Crippen molar-refractivity contribution in [2.75, 3.05) is 25.1 Å². The number of hydrogen-bond acceptors (Lipinski definition) is 6. The lowest BCUT2D eigenvalue weighted by molar-refractivity contribution is 0.245. The average Bonchev–Trinajstić information content (AvgIpc) is 2.79. The molecule has 2 N–H and O–H groups in total. The Hall–Kier alpha value is -3.52. The van der Waals surface area contributed by atoms with Crippen LogP contribution < -0.4 is 20.3 Å². The lowest BCUT2D eigenvalue weighted by Gasteiger charge is -2.39. The molecule has 1 saturated heterocycles. The van der Waals surface area contributed by atoms with Crippen LogP contribution in [0.3, 0.4) is 0 Å². The number of carbonyl (C=O) groups is 1. The summed E-state index contributed by atoms with van der Waals surface area (Å²) in [6, 6.07) is 7.49. The minimum atomic E-state index is -0.162. The summed E-state index contributed by atoms with van der Waals surface area (Å²) >= 11 is 0. The van der Waals surface area contributed by atoms with Gasteiger partial charge in [0.2, 0.25) is 5.88 Å². The van der Waals surface area contributed by atoms with E-state index in [1.807, 2.05) is 23.1 Å². The van der Waals surface area contributed by atoms with Crippen LogP contribution in [0.1, 0.15) is 18.4 Å². The highest BCUT2D eigenvalue weighted by Gasteiger charge is 2.35. The van der Waals surface area contributed by atoms with E-state index in [0.29, 0.717) is 17.1 Å². The van der Waals surface area contributed by atoms with Crippen molar-refractivity contribution in [1.82, 2.24) is 25.6 Å². The number of amides is 2. The van der Waals surface area contributed by atoms with E-state index < -0.39 is 0 Å². The van der Waals surface area contributed by atoms with Crippen LogP contribution in [-0.2, 0) is 0 Å². The zero-order chi connectivity index (χ0) is 20.7. The minimum Gasteiger partial charge on any atom is -0.481 e. The number of fused-ring (bicyclic) bond motifs is 3. The van der Waals surface area contributed by atoms with Crippen LogP contribution in [0.4, 0.5) is 10.5 Å². The van der Waals surface area contributed by atoms with Crippen LogP contribution in [0.2, 0.25) is 0 Å². The van der Waals surface area contributed by atoms with Crippen molar-refractivity contribution >= 4 is 28.4 Å². The van der Waals surface area contributed by atoms with Gasteiger partial charge in [-0.3, -0.25) is 9.88 Å². The van der Waals surface area contributed by atoms with E-state index in [4.69, 9.17) is 9.72 Å². The van der Waals surface area contributed by atoms with Crippen LogP contribution in [-0.4, -0.2) is 47.2 Å². The molecule has 3 aromatic heterocycles. The van der Waals surface area contributed by atoms with Gasteiger partial charge < -0.3 is 15.4 Å². The fraction of sp³-hybridized carbons (Fsp3) is 0.273. The zero-order valence-corrected chi connectivity index (χ0v) is 16.7. The Kier molecular flexibility index (Phi) is 4.55. The third-order valence-electron chi connectivity index (χ3n) is 5.64. The molecule has 2 aliphatic heterocycles. The number of nitrogens with one attached hydrogen (secondary N) is 2. The van der Waals surface area contributed by atoms with E-state index in [1.54, 1.807) is 25.6 Å². The van der Waals surface area contributed by atoms with Crippen LogP contribution >= 0.6 is 0 Å². The van der Waals surface area contributed by atoms with Crippen molar-refractivity contribution in [3.05, 3.63) is 48.8 Å². The number of piperidine rings is 1. The summed E-state index contributed by atoms with van der Waals surface area (Å²) in [5.74, 6) is 0.545. The Morgan fingerprint density at radius 2 is 1.97 bits per heavy atom. The first kappa shape index (κ1) is 18.5. The molecule has 2 aliphatic rings. The van der Waals surface area contributed by atoms with Crippen molar-refractivity contribution in [2.45, 2.75) is 18.9 Å². The highest BCUT2D eigenvalue weighted by atomic mass is 16.5. The number of urea groups is 1. The second-order valence-electron chi connectivity index (χ2n) is 7.43. The third-order valence-corrected chi connectivity index (χ3v) is 5.64. The summed E-state index contributed by atoms with van der Waals surface area (Å²) in [7, 11) is 1.58. The SMILES string of the molecule is C=C1NC(=O)N(C2CCNCC2)c2c1cnc1ccc(-c3ccc(OC)nc3)nc21. The molecule has 0 aromatic carbocycles. The molecular formula is C22H22N6O2. The van der Waals surface area contributed by atoms with E-state index in [-0.39, 0.29) is 12.1 Å². The van der Waals surface area contributed by atoms with Gasteiger partial charge in [0, 0.05) is 41.3 Å². The van der Waals surface area contributed by atoms with Gasteiger partial charge in [-0.05, 0) is 44.1 Å². The van der Waals surface area contributed by atoms with Gasteiger partial charge in [-0.2, -0.15) is 0 Å². The number of anilines is 1. The minimum absolute atomic E-state index is 0.0943. The number of methoxy groups -OCH3 is 1. The summed E-state index contributed by atoms with van der Waals surface area (Å²) < 4.78 is 5.15. The molecule has 3 aromatic rings. The molecule has 0 aliphatic carbocycles. The summed E-state index contributed by atoms with van der Waals surface area (Å²) in [4.78, 5) is 28.6. The fourth-order valence-electron chi connectivity index (χ4n) is 4.10. The first-order valence-electron chi connectivity index (χ1n) is 9.96. The van der Waals surface area contributed by atoms with Crippen LogP contribution in [0.25, 0.3) is 28.0 Å². The summed E-state index contributed by atoms with van der Waals surface area (Å²) in [6.07, 6.45) is 5.26. The Labute approximate surface area is 174 Å². The molecule has 0 spiro atoms. The largest absolute Gasteiger partial charge is 0.481 e. The average molecular weight is 402 g/mol. The van der Waals surface area contributed by atoms with Gasteiger partial charge in [0.05, 0.1) is 24.0 Å². The molecule has 2 amide bonds. The summed E-state index contributed by atoms with van der Waals surface area (Å²) in [5.41, 5.74) is 5.18. The Bertz CT molecular complexity index is 1140. The van der Waals surface area contributed by atoms with Gasteiger partial charge in [0.1, 0.15) is 5.52 Å². The normalized spacial score (nSPS) is 17.0. The van der Waals surface area contributed by atoms with E-state index in [1.165, 1.54) is 0 Å². The van der Waals surface area contributed by atoms with E-state index in [0.717, 1.165) is 54.0 Å². The van der Waals surface area contributed by atoms with Crippen LogP contribution in [0, 0.1) is 0 Å². The Balaban J connectivity index is 1.68. The lowest BCUT2D eigenvalue weighted by atomic mass is 10.00. The predicted octanol–water partition coefficient (Wildman–Crippen LogP) is 2.95. The quantitative estimate of drug-likeness (QED) is 0.700. The molecule has 152 valence electrons. The molecule has 0 bridgehead atoms. The van der Waals surface area contributed by atoms with Crippen LogP contribution in [0.15, 0.2) is 43.2 Å². The number of aromatic nitrogens is 3. The number of pyridine rings is 3. The molecule has 8 heteroatoms. The van der Waals surface area contributed by atoms with Crippen molar-refractivity contribution < 1.29 is 9.53 Å². The first-order chi connectivity index (χ1) is 14.7. The Morgan fingerprint density at radius 3 is 2.70 bits per heavy atom. The van der Waals surface area contributed by atoms with Crippen molar-refractivity contribution in [3.63, 3.8) is 0 Å². The zero-order valence-electron chi connectivity index (χ0n) is 16.7. The van der Waals surface area contributed by atoms with Gasteiger partial charge in [-0.15, -0.1) is 0 Å². The molecule has 5 rings (SSSR count). The second kappa shape index (κ2) is 7.38. The van der Waals surface area contributed by atoms with Gasteiger partial charge in [0.15, 0.2) is 0 Å². The number of nitrogens with zero attached hydrogens (tertiary/aromatic N) is 4. The highest BCUT2D eigenvalue weighted by Crippen LogP contribution is 2.38. The third kappa shape index (κ3) is 3.05. The van der Waals surface area contributed by atoms with Gasteiger partial charge in [-0.25, -0.2) is 14.8 Å². The number of rotatable bonds is 3. The van der Waals surface area contributed by atoms with Crippen molar-refractivity contribution in [3.8, 4) is 17.1 Å². The first-order valence-corrected chi connectivity index (χ1v) is 9.96. The maximum Gasteiger partial charge on any atom is 0.326 e.